The molecule has 0 amide bonds. The Morgan fingerprint density at radius 3 is 2.32 bits per heavy atom. The largest absolute Gasteiger partial charge is 0.497 e. The average molecular weight is 267 g/mol. The number of benzene rings is 1. The Morgan fingerprint density at radius 1 is 0.947 bits per heavy atom. The number of nitrogens with one attached hydrogen (secondary N) is 1. The topological polar surface area (TPSA) is 50.7 Å². The minimum atomic E-state index is 0.309. The summed E-state index contributed by atoms with van der Waals surface area (Å²) in [4.78, 5) is 0. The Kier molecular flexibility index (Phi) is 8.85. The van der Waals surface area contributed by atoms with Crippen LogP contribution in [-0.2, 0) is 0 Å². The van der Waals surface area contributed by atoms with Crippen LogP contribution in [0.5, 0.6) is 11.5 Å². The minimum Gasteiger partial charge on any atom is -0.497 e. The molecule has 19 heavy (non-hydrogen) atoms. The summed E-state index contributed by atoms with van der Waals surface area (Å²) >= 11 is 0. The van der Waals surface area contributed by atoms with E-state index in [1.54, 1.807) is 7.11 Å². The lowest BCUT2D eigenvalue weighted by molar-refractivity contribution is 0.282. The van der Waals surface area contributed by atoms with Gasteiger partial charge in [0.1, 0.15) is 18.1 Å². The van der Waals surface area contributed by atoms with E-state index in [0.29, 0.717) is 13.2 Å². The van der Waals surface area contributed by atoms with Crippen molar-refractivity contribution in [3.05, 3.63) is 24.3 Å². The smallest absolute Gasteiger partial charge is 0.119 e. The van der Waals surface area contributed by atoms with E-state index < -0.39 is 0 Å². The zero-order chi connectivity index (χ0) is 13.8. The third kappa shape index (κ3) is 7.70. The fourth-order valence-electron chi connectivity index (χ4n) is 1.75. The summed E-state index contributed by atoms with van der Waals surface area (Å²) in [5.74, 6) is 1.71. The van der Waals surface area contributed by atoms with Gasteiger partial charge >= 0.3 is 0 Å². The number of hydrogen-bond acceptors (Lipinski definition) is 4. The van der Waals surface area contributed by atoms with Crippen LogP contribution in [0.1, 0.15) is 25.7 Å². The summed E-state index contributed by atoms with van der Waals surface area (Å²) < 4.78 is 10.7. The highest BCUT2D eigenvalue weighted by Gasteiger charge is 1.95. The first-order valence-corrected chi connectivity index (χ1v) is 6.95. The molecule has 0 aliphatic carbocycles. The lowest BCUT2D eigenvalue weighted by Crippen LogP contribution is -2.22. The summed E-state index contributed by atoms with van der Waals surface area (Å²) in [5, 5.41) is 12.0. The van der Waals surface area contributed by atoms with Gasteiger partial charge < -0.3 is 19.9 Å². The maximum Gasteiger partial charge on any atom is 0.119 e. The predicted molar refractivity (Wildman–Crippen MR) is 76.9 cm³/mol. The van der Waals surface area contributed by atoms with E-state index in [-0.39, 0.29) is 0 Å². The number of rotatable bonds is 11. The Labute approximate surface area is 115 Å². The number of aliphatic hydroxyl groups excluding tert-OH is 1. The van der Waals surface area contributed by atoms with Crippen molar-refractivity contribution < 1.29 is 14.6 Å². The molecule has 0 aliphatic heterocycles. The highest BCUT2D eigenvalue weighted by Crippen LogP contribution is 2.16. The van der Waals surface area contributed by atoms with Crippen LogP contribution in [0, 0.1) is 0 Å². The molecule has 4 nitrogen and oxygen atoms in total. The van der Waals surface area contributed by atoms with E-state index in [2.05, 4.69) is 5.32 Å². The van der Waals surface area contributed by atoms with Crippen molar-refractivity contribution in [2.45, 2.75) is 25.7 Å². The van der Waals surface area contributed by atoms with Gasteiger partial charge in [-0.1, -0.05) is 12.8 Å². The van der Waals surface area contributed by atoms with E-state index >= 15 is 0 Å². The van der Waals surface area contributed by atoms with Crippen molar-refractivity contribution in [1.82, 2.24) is 5.32 Å². The van der Waals surface area contributed by atoms with E-state index in [0.717, 1.165) is 43.9 Å². The van der Waals surface area contributed by atoms with E-state index in [1.807, 2.05) is 24.3 Å². The molecule has 0 saturated heterocycles. The molecule has 0 aliphatic rings. The van der Waals surface area contributed by atoms with Gasteiger partial charge in [0.05, 0.1) is 7.11 Å². The minimum absolute atomic E-state index is 0.309. The number of aliphatic hydroxyl groups is 1. The zero-order valence-electron chi connectivity index (χ0n) is 11.7. The standard InChI is InChI=1S/C15H25NO3/c1-18-14-6-8-15(9-7-14)19-13-11-16-10-4-2-3-5-12-17/h6-9,16-17H,2-5,10-13H2,1H3. The molecule has 0 atom stereocenters. The predicted octanol–water partition coefficient (Wildman–Crippen LogP) is 2.22. The third-order valence-corrected chi connectivity index (χ3v) is 2.87. The Bertz CT molecular complexity index is 314. The quantitative estimate of drug-likeness (QED) is 0.604. The molecule has 0 aromatic heterocycles. The van der Waals surface area contributed by atoms with Crippen molar-refractivity contribution in [2.75, 3.05) is 33.4 Å². The maximum absolute atomic E-state index is 8.64. The van der Waals surface area contributed by atoms with Crippen LogP contribution < -0.4 is 14.8 Å². The van der Waals surface area contributed by atoms with Gasteiger partial charge in [0, 0.05) is 13.2 Å². The normalized spacial score (nSPS) is 10.4. The van der Waals surface area contributed by atoms with Gasteiger partial charge in [0.15, 0.2) is 0 Å². The molecule has 1 aromatic carbocycles. The van der Waals surface area contributed by atoms with Gasteiger partial charge in [-0.2, -0.15) is 0 Å². The number of hydrogen-bond donors (Lipinski definition) is 2. The molecular weight excluding hydrogens is 242 g/mol. The molecule has 4 heteroatoms. The lowest BCUT2D eigenvalue weighted by atomic mass is 10.2. The van der Waals surface area contributed by atoms with Crippen molar-refractivity contribution in [1.29, 1.82) is 0 Å². The fraction of sp³-hybridized carbons (Fsp3) is 0.600. The summed E-state index contributed by atoms with van der Waals surface area (Å²) in [5.41, 5.74) is 0. The fourth-order valence-corrected chi connectivity index (χ4v) is 1.75. The first-order valence-electron chi connectivity index (χ1n) is 6.95. The second kappa shape index (κ2) is 10.6. The second-order valence-electron chi connectivity index (χ2n) is 4.41. The highest BCUT2D eigenvalue weighted by atomic mass is 16.5. The summed E-state index contributed by atoms with van der Waals surface area (Å²) in [6.07, 6.45) is 4.36. The molecule has 0 fully saturated rings. The molecule has 108 valence electrons. The van der Waals surface area contributed by atoms with Crippen LogP contribution in [0.4, 0.5) is 0 Å². The number of methoxy groups -OCH3 is 1. The van der Waals surface area contributed by atoms with Crippen LogP contribution in [-0.4, -0.2) is 38.5 Å². The Balaban J connectivity index is 1.95. The SMILES string of the molecule is COc1ccc(OCCNCCCCCCO)cc1. The van der Waals surface area contributed by atoms with Crippen molar-refractivity contribution in [3.8, 4) is 11.5 Å². The molecule has 0 bridgehead atoms. The summed E-state index contributed by atoms with van der Waals surface area (Å²) in [6, 6.07) is 7.61. The van der Waals surface area contributed by atoms with Crippen LogP contribution in [0.3, 0.4) is 0 Å². The molecular formula is C15H25NO3. The molecule has 1 rings (SSSR count). The molecule has 0 unspecified atom stereocenters. The van der Waals surface area contributed by atoms with Crippen LogP contribution in [0.15, 0.2) is 24.3 Å². The van der Waals surface area contributed by atoms with Gasteiger partial charge in [-0.05, 0) is 43.7 Å². The van der Waals surface area contributed by atoms with Gasteiger partial charge in [-0.15, -0.1) is 0 Å². The molecule has 0 radical (unpaired) electrons. The van der Waals surface area contributed by atoms with Crippen LogP contribution in [0.2, 0.25) is 0 Å². The molecule has 1 aromatic rings. The van der Waals surface area contributed by atoms with Crippen molar-refractivity contribution in [3.63, 3.8) is 0 Å². The highest BCUT2D eigenvalue weighted by molar-refractivity contribution is 5.31. The molecule has 0 saturated carbocycles. The first-order chi connectivity index (χ1) is 9.36. The van der Waals surface area contributed by atoms with Gasteiger partial charge in [-0.3, -0.25) is 0 Å². The third-order valence-electron chi connectivity index (χ3n) is 2.87. The zero-order valence-corrected chi connectivity index (χ0v) is 11.7. The molecule has 2 N–H and O–H groups in total. The number of unbranched alkanes of at least 4 members (excludes halogenated alkanes) is 3. The summed E-state index contributed by atoms with van der Waals surface area (Å²) in [6.45, 7) is 2.84. The van der Waals surface area contributed by atoms with Gasteiger partial charge in [-0.25, -0.2) is 0 Å². The first kappa shape index (κ1) is 15.8. The van der Waals surface area contributed by atoms with Crippen molar-refractivity contribution >= 4 is 0 Å². The van der Waals surface area contributed by atoms with Crippen LogP contribution >= 0.6 is 0 Å². The van der Waals surface area contributed by atoms with E-state index in [1.165, 1.54) is 6.42 Å². The summed E-state index contributed by atoms with van der Waals surface area (Å²) in [7, 11) is 1.65. The monoisotopic (exact) mass is 267 g/mol. The maximum atomic E-state index is 8.64. The van der Waals surface area contributed by atoms with Crippen LogP contribution in [0.25, 0.3) is 0 Å². The molecule has 0 spiro atoms. The Morgan fingerprint density at radius 2 is 1.63 bits per heavy atom. The van der Waals surface area contributed by atoms with E-state index in [4.69, 9.17) is 14.6 Å². The Hall–Kier alpha value is -1.26. The number of ether oxygens (including phenoxy) is 2. The van der Waals surface area contributed by atoms with Crippen molar-refractivity contribution in [2.24, 2.45) is 0 Å². The van der Waals surface area contributed by atoms with Gasteiger partial charge in [0.2, 0.25) is 0 Å². The molecule has 0 heterocycles. The average Bonchev–Trinajstić information content (AvgIpc) is 2.46. The second-order valence-corrected chi connectivity index (χ2v) is 4.41. The lowest BCUT2D eigenvalue weighted by Gasteiger charge is -2.08. The van der Waals surface area contributed by atoms with Gasteiger partial charge in [0.25, 0.3) is 0 Å². The van der Waals surface area contributed by atoms with E-state index in [9.17, 15) is 0 Å².